The van der Waals surface area contributed by atoms with Gasteiger partial charge in [0.25, 0.3) is 0 Å². The van der Waals surface area contributed by atoms with Gasteiger partial charge in [0.15, 0.2) is 0 Å². The Morgan fingerprint density at radius 1 is 1.43 bits per heavy atom. The van der Waals surface area contributed by atoms with Crippen molar-refractivity contribution in [2.45, 2.75) is 19.3 Å². The quantitative estimate of drug-likeness (QED) is 0.777. The summed E-state index contributed by atoms with van der Waals surface area (Å²) < 4.78 is 5.07. The third kappa shape index (κ3) is 3.13. The van der Waals surface area contributed by atoms with Crippen LogP contribution in [0, 0.1) is 6.92 Å². The van der Waals surface area contributed by atoms with Crippen LogP contribution in [0.25, 0.3) is 0 Å². The van der Waals surface area contributed by atoms with Gasteiger partial charge in [0, 0.05) is 13.7 Å². The van der Waals surface area contributed by atoms with Crippen LogP contribution in [0.4, 0.5) is 0 Å². The zero-order valence-electron chi connectivity index (χ0n) is 8.99. The second-order valence-corrected chi connectivity index (χ2v) is 3.63. The van der Waals surface area contributed by atoms with Crippen LogP contribution in [0.2, 0.25) is 0 Å². The lowest BCUT2D eigenvalue weighted by Crippen LogP contribution is -2.14. The van der Waals surface area contributed by atoms with Gasteiger partial charge >= 0.3 is 0 Å². The predicted octanol–water partition coefficient (Wildman–Crippen LogP) is 2.07. The van der Waals surface area contributed by atoms with Gasteiger partial charge in [0.2, 0.25) is 0 Å². The zero-order valence-corrected chi connectivity index (χ0v) is 8.99. The molecule has 0 amide bonds. The summed E-state index contributed by atoms with van der Waals surface area (Å²) in [6, 6.07) is 8.53. The van der Waals surface area contributed by atoms with E-state index in [1.807, 2.05) is 0 Å². The molecule has 0 aliphatic heterocycles. The Labute approximate surface area is 86.1 Å². The van der Waals surface area contributed by atoms with E-state index >= 15 is 0 Å². The Balaban J connectivity index is 2.68. The molecule has 2 nitrogen and oxygen atoms in total. The normalized spacial score (nSPS) is 12.8. The van der Waals surface area contributed by atoms with Crippen LogP contribution in [0.5, 0.6) is 0 Å². The molecule has 1 unspecified atom stereocenters. The number of rotatable bonds is 5. The van der Waals surface area contributed by atoms with Crippen molar-refractivity contribution in [3.8, 4) is 0 Å². The van der Waals surface area contributed by atoms with E-state index in [0.29, 0.717) is 12.5 Å². The van der Waals surface area contributed by atoms with Crippen LogP contribution in [0.3, 0.4) is 0 Å². The molecule has 0 spiro atoms. The Bertz CT molecular complexity index is 273. The molecule has 0 saturated carbocycles. The van der Waals surface area contributed by atoms with Crippen LogP contribution in [-0.2, 0) is 4.74 Å². The Morgan fingerprint density at radius 2 is 2.21 bits per heavy atom. The van der Waals surface area contributed by atoms with E-state index in [9.17, 15) is 0 Å². The van der Waals surface area contributed by atoms with Gasteiger partial charge < -0.3 is 10.5 Å². The Morgan fingerprint density at radius 3 is 2.79 bits per heavy atom. The van der Waals surface area contributed by atoms with Crippen molar-refractivity contribution in [3.05, 3.63) is 35.4 Å². The molecule has 2 heteroatoms. The highest BCUT2D eigenvalue weighted by Crippen LogP contribution is 2.19. The third-order valence-electron chi connectivity index (χ3n) is 2.47. The van der Waals surface area contributed by atoms with Crippen molar-refractivity contribution in [2.24, 2.45) is 5.73 Å². The van der Waals surface area contributed by atoms with E-state index in [1.54, 1.807) is 7.11 Å². The first-order valence-corrected chi connectivity index (χ1v) is 5.03. The minimum absolute atomic E-state index is 0.426. The average molecular weight is 193 g/mol. The predicted molar refractivity (Wildman–Crippen MR) is 59.5 cm³/mol. The fourth-order valence-electron chi connectivity index (χ4n) is 1.60. The molecule has 0 saturated heterocycles. The lowest BCUT2D eigenvalue weighted by molar-refractivity contribution is 0.188. The molecular weight excluding hydrogens is 174 g/mol. The third-order valence-corrected chi connectivity index (χ3v) is 2.47. The van der Waals surface area contributed by atoms with Crippen molar-refractivity contribution in [1.82, 2.24) is 0 Å². The molecule has 1 rings (SSSR count). The summed E-state index contributed by atoms with van der Waals surface area (Å²) in [6.45, 7) is 3.57. The molecule has 78 valence electrons. The van der Waals surface area contributed by atoms with Gasteiger partial charge in [-0.1, -0.05) is 29.8 Å². The molecule has 0 radical (unpaired) electrons. The van der Waals surface area contributed by atoms with Gasteiger partial charge in [0.1, 0.15) is 0 Å². The van der Waals surface area contributed by atoms with E-state index in [2.05, 4.69) is 31.2 Å². The Hall–Kier alpha value is -0.860. The van der Waals surface area contributed by atoms with E-state index in [0.717, 1.165) is 13.0 Å². The van der Waals surface area contributed by atoms with Gasteiger partial charge in [-0.25, -0.2) is 0 Å². The highest BCUT2D eigenvalue weighted by atomic mass is 16.5. The van der Waals surface area contributed by atoms with E-state index in [1.165, 1.54) is 11.1 Å². The summed E-state index contributed by atoms with van der Waals surface area (Å²) in [5.74, 6) is 0.426. The SMILES string of the molecule is COCCC(CN)c1cccc(C)c1. The van der Waals surface area contributed by atoms with Gasteiger partial charge in [-0.2, -0.15) is 0 Å². The molecule has 1 atom stereocenters. The Kier molecular flexibility index (Phi) is 4.63. The van der Waals surface area contributed by atoms with Crippen molar-refractivity contribution in [1.29, 1.82) is 0 Å². The van der Waals surface area contributed by atoms with Crippen LogP contribution in [0.15, 0.2) is 24.3 Å². The van der Waals surface area contributed by atoms with Gasteiger partial charge in [-0.05, 0) is 31.4 Å². The minimum Gasteiger partial charge on any atom is -0.385 e. The highest BCUT2D eigenvalue weighted by Gasteiger charge is 2.08. The van der Waals surface area contributed by atoms with Gasteiger partial charge in [0.05, 0.1) is 0 Å². The zero-order chi connectivity index (χ0) is 10.4. The highest BCUT2D eigenvalue weighted by molar-refractivity contribution is 5.25. The summed E-state index contributed by atoms with van der Waals surface area (Å²) in [5.41, 5.74) is 8.35. The van der Waals surface area contributed by atoms with Crippen molar-refractivity contribution < 1.29 is 4.74 Å². The largest absolute Gasteiger partial charge is 0.385 e. The van der Waals surface area contributed by atoms with Crippen molar-refractivity contribution >= 4 is 0 Å². The first kappa shape index (κ1) is 11.2. The lowest BCUT2D eigenvalue weighted by atomic mass is 9.95. The molecule has 14 heavy (non-hydrogen) atoms. The number of nitrogens with two attached hydrogens (primary N) is 1. The topological polar surface area (TPSA) is 35.2 Å². The molecule has 0 fully saturated rings. The molecule has 2 N–H and O–H groups in total. The maximum atomic E-state index is 5.74. The number of methoxy groups -OCH3 is 1. The second-order valence-electron chi connectivity index (χ2n) is 3.63. The van der Waals surface area contributed by atoms with Gasteiger partial charge in [-0.15, -0.1) is 0 Å². The summed E-state index contributed by atoms with van der Waals surface area (Å²) in [4.78, 5) is 0. The molecule has 0 heterocycles. The number of ether oxygens (including phenoxy) is 1. The molecule has 1 aromatic carbocycles. The maximum Gasteiger partial charge on any atom is 0.0468 e. The molecule has 1 aromatic rings. The second kappa shape index (κ2) is 5.78. The summed E-state index contributed by atoms with van der Waals surface area (Å²) in [6.07, 6.45) is 0.996. The fourth-order valence-corrected chi connectivity index (χ4v) is 1.60. The average Bonchev–Trinajstić information content (AvgIpc) is 2.19. The van der Waals surface area contributed by atoms with E-state index in [4.69, 9.17) is 10.5 Å². The van der Waals surface area contributed by atoms with Crippen LogP contribution in [-0.4, -0.2) is 20.3 Å². The molecule has 0 bridgehead atoms. The summed E-state index contributed by atoms with van der Waals surface area (Å²) in [5, 5.41) is 0. The number of aryl methyl sites for hydroxylation is 1. The van der Waals surface area contributed by atoms with Crippen molar-refractivity contribution in [3.63, 3.8) is 0 Å². The molecular formula is C12H19NO. The minimum atomic E-state index is 0.426. The van der Waals surface area contributed by atoms with Gasteiger partial charge in [-0.3, -0.25) is 0 Å². The van der Waals surface area contributed by atoms with Crippen LogP contribution >= 0.6 is 0 Å². The van der Waals surface area contributed by atoms with E-state index < -0.39 is 0 Å². The lowest BCUT2D eigenvalue weighted by Gasteiger charge is -2.14. The monoisotopic (exact) mass is 193 g/mol. The molecule has 0 aliphatic rings. The fraction of sp³-hybridized carbons (Fsp3) is 0.500. The van der Waals surface area contributed by atoms with Crippen LogP contribution < -0.4 is 5.73 Å². The molecule has 0 aliphatic carbocycles. The smallest absolute Gasteiger partial charge is 0.0468 e. The summed E-state index contributed by atoms with van der Waals surface area (Å²) >= 11 is 0. The van der Waals surface area contributed by atoms with Crippen molar-refractivity contribution in [2.75, 3.05) is 20.3 Å². The number of hydrogen-bond donors (Lipinski definition) is 1. The molecule has 0 aromatic heterocycles. The van der Waals surface area contributed by atoms with E-state index in [-0.39, 0.29) is 0 Å². The standard InChI is InChI=1S/C12H19NO/c1-10-4-3-5-11(8-10)12(9-13)6-7-14-2/h3-5,8,12H,6-7,9,13H2,1-2H3. The number of hydrogen-bond acceptors (Lipinski definition) is 2. The number of benzene rings is 1. The maximum absolute atomic E-state index is 5.74. The van der Waals surface area contributed by atoms with Crippen LogP contribution in [0.1, 0.15) is 23.5 Å². The summed E-state index contributed by atoms with van der Waals surface area (Å²) in [7, 11) is 1.73. The first-order chi connectivity index (χ1) is 6.77. The first-order valence-electron chi connectivity index (χ1n) is 5.03.